The highest BCUT2D eigenvalue weighted by Crippen LogP contribution is 2.26. The first kappa shape index (κ1) is 20.9. The summed E-state index contributed by atoms with van der Waals surface area (Å²) in [5.41, 5.74) is 3.72. The van der Waals surface area contributed by atoms with Crippen molar-refractivity contribution in [3.8, 4) is 0 Å². The number of anilines is 2. The van der Waals surface area contributed by atoms with Crippen LogP contribution >= 0.6 is 0 Å². The maximum Gasteiger partial charge on any atom is 0.247 e. The Morgan fingerprint density at radius 3 is 2.52 bits per heavy atom. The van der Waals surface area contributed by atoms with Gasteiger partial charge in [0, 0.05) is 12.8 Å². The van der Waals surface area contributed by atoms with Gasteiger partial charge in [0.2, 0.25) is 15.9 Å². The van der Waals surface area contributed by atoms with Gasteiger partial charge in [-0.1, -0.05) is 24.3 Å². The minimum Gasteiger partial charge on any atom is -0.380 e. The summed E-state index contributed by atoms with van der Waals surface area (Å²) in [5, 5.41) is 2.80. The van der Waals surface area contributed by atoms with Crippen LogP contribution in [-0.2, 0) is 26.2 Å². The van der Waals surface area contributed by atoms with E-state index in [1.165, 1.54) is 4.31 Å². The Balaban J connectivity index is 2.33. The van der Waals surface area contributed by atoms with E-state index < -0.39 is 22.0 Å². The van der Waals surface area contributed by atoms with Crippen LogP contribution in [0, 0.1) is 13.8 Å². The maximum absolute atomic E-state index is 12.8. The van der Waals surface area contributed by atoms with Crippen molar-refractivity contribution in [3.05, 3.63) is 59.2 Å². The van der Waals surface area contributed by atoms with E-state index in [4.69, 9.17) is 4.74 Å². The minimum atomic E-state index is -3.66. The molecule has 0 spiro atoms. The Morgan fingerprint density at radius 2 is 1.89 bits per heavy atom. The summed E-state index contributed by atoms with van der Waals surface area (Å²) >= 11 is 0. The van der Waals surface area contributed by atoms with Gasteiger partial charge in [-0.2, -0.15) is 0 Å². The molecule has 2 aromatic rings. The molecule has 146 valence electrons. The van der Waals surface area contributed by atoms with Gasteiger partial charge >= 0.3 is 0 Å². The van der Waals surface area contributed by atoms with E-state index in [1.807, 2.05) is 38.1 Å². The summed E-state index contributed by atoms with van der Waals surface area (Å²) in [7, 11) is -2.06. The van der Waals surface area contributed by atoms with E-state index in [0.717, 1.165) is 22.9 Å². The molecule has 0 bridgehead atoms. The molecule has 6 nitrogen and oxygen atoms in total. The SMILES string of the molecule is COCc1cccc(NC(=O)C(C)N(c2cc(C)ccc2C)S(C)(=O)=O)c1. The molecule has 7 heteroatoms. The zero-order chi connectivity index (χ0) is 20.2. The van der Waals surface area contributed by atoms with Crippen molar-refractivity contribution in [1.82, 2.24) is 0 Å². The molecule has 0 aromatic heterocycles. The third-order valence-electron chi connectivity index (χ3n) is 4.20. The van der Waals surface area contributed by atoms with Gasteiger partial charge < -0.3 is 10.1 Å². The van der Waals surface area contributed by atoms with E-state index in [0.29, 0.717) is 18.0 Å². The number of carbonyl (C=O) groups excluding carboxylic acids is 1. The second kappa shape index (κ2) is 8.54. The monoisotopic (exact) mass is 390 g/mol. The average molecular weight is 391 g/mol. The van der Waals surface area contributed by atoms with Crippen LogP contribution in [0.5, 0.6) is 0 Å². The quantitative estimate of drug-likeness (QED) is 0.787. The lowest BCUT2D eigenvalue weighted by atomic mass is 10.1. The van der Waals surface area contributed by atoms with Gasteiger partial charge in [-0.25, -0.2) is 8.42 Å². The number of ether oxygens (including phenoxy) is 1. The van der Waals surface area contributed by atoms with E-state index in [-0.39, 0.29) is 0 Å². The van der Waals surface area contributed by atoms with Crippen LogP contribution in [0.2, 0.25) is 0 Å². The van der Waals surface area contributed by atoms with Crippen LogP contribution in [0.25, 0.3) is 0 Å². The van der Waals surface area contributed by atoms with E-state index in [2.05, 4.69) is 5.32 Å². The van der Waals surface area contributed by atoms with Crippen molar-refractivity contribution in [2.75, 3.05) is 23.0 Å². The fourth-order valence-electron chi connectivity index (χ4n) is 2.89. The van der Waals surface area contributed by atoms with Crippen LogP contribution in [0.4, 0.5) is 11.4 Å². The number of methoxy groups -OCH3 is 1. The van der Waals surface area contributed by atoms with Gasteiger partial charge in [-0.15, -0.1) is 0 Å². The number of hydrogen-bond donors (Lipinski definition) is 1. The number of nitrogens with zero attached hydrogens (tertiary/aromatic N) is 1. The minimum absolute atomic E-state index is 0.407. The van der Waals surface area contributed by atoms with E-state index >= 15 is 0 Å². The van der Waals surface area contributed by atoms with Crippen LogP contribution in [0.3, 0.4) is 0 Å². The number of aryl methyl sites for hydroxylation is 2. The third-order valence-corrected chi connectivity index (χ3v) is 5.42. The molecule has 1 amide bonds. The Hall–Kier alpha value is -2.38. The lowest BCUT2D eigenvalue weighted by molar-refractivity contribution is -0.116. The number of carbonyl (C=O) groups is 1. The van der Waals surface area contributed by atoms with Gasteiger partial charge in [0.05, 0.1) is 18.6 Å². The predicted molar refractivity (Wildman–Crippen MR) is 108 cm³/mol. The first-order chi connectivity index (χ1) is 12.6. The maximum atomic E-state index is 12.8. The van der Waals surface area contributed by atoms with Crippen molar-refractivity contribution < 1.29 is 17.9 Å². The summed E-state index contributed by atoms with van der Waals surface area (Å²) < 4.78 is 31.2. The normalized spacial score (nSPS) is 12.5. The largest absolute Gasteiger partial charge is 0.380 e. The molecular weight excluding hydrogens is 364 g/mol. The Kier molecular flexibility index (Phi) is 6.62. The number of nitrogens with one attached hydrogen (secondary N) is 1. The van der Waals surface area contributed by atoms with Crippen molar-refractivity contribution in [1.29, 1.82) is 0 Å². The highest BCUT2D eigenvalue weighted by molar-refractivity contribution is 7.92. The van der Waals surface area contributed by atoms with Crippen LogP contribution in [0.1, 0.15) is 23.6 Å². The summed E-state index contributed by atoms with van der Waals surface area (Å²) in [6, 6.07) is 11.9. The molecule has 2 rings (SSSR count). The number of hydrogen-bond acceptors (Lipinski definition) is 4. The molecule has 0 radical (unpaired) electrons. The molecule has 0 saturated heterocycles. The number of sulfonamides is 1. The molecular formula is C20H26N2O4S. The summed E-state index contributed by atoms with van der Waals surface area (Å²) in [5.74, 6) is -0.407. The molecule has 0 aliphatic rings. The smallest absolute Gasteiger partial charge is 0.247 e. The Labute approximate surface area is 161 Å². The molecule has 1 unspecified atom stereocenters. The van der Waals surface area contributed by atoms with Gasteiger partial charge in [0.15, 0.2) is 0 Å². The van der Waals surface area contributed by atoms with E-state index in [9.17, 15) is 13.2 Å². The lowest BCUT2D eigenvalue weighted by Crippen LogP contribution is -2.45. The van der Waals surface area contributed by atoms with Crippen molar-refractivity contribution >= 4 is 27.3 Å². The Morgan fingerprint density at radius 1 is 1.19 bits per heavy atom. The summed E-state index contributed by atoms with van der Waals surface area (Å²) in [4.78, 5) is 12.8. The third kappa shape index (κ3) is 5.30. The van der Waals surface area contributed by atoms with Crippen molar-refractivity contribution in [3.63, 3.8) is 0 Å². The molecule has 2 aromatic carbocycles. The summed E-state index contributed by atoms with van der Waals surface area (Å²) in [6.07, 6.45) is 1.11. The van der Waals surface area contributed by atoms with Gasteiger partial charge in [0.1, 0.15) is 6.04 Å². The molecule has 0 heterocycles. The fourth-order valence-corrected chi connectivity index (χ4v) is 4.11. The highest BCUT2D eigenvalue weighted by Gasteiger charge is 2.30. The van der Waals surface area contributed by atoms with Gasteiger partial charge in [-0.3, -0.25) is 9.10 Å². The summed E-state index contributed by atoms with van der Waals surface area (Å²) in [6.45, 7) is 5.72. The van der Waals surface area contributed by atoms with Crippen LogP contribution in [-0.4, -0.2) is 33.7 Å². The Bertz CT molecular complexity index is 925. The second-order valence-corrected chi connectivity index (χ2v) is 8.51. The average Bonchev–Trinajstić information content (AvgIpc) is 2.57. The standard InChI is InChI=1S/C20H26N2O4S/c1-14-9-10-15(2)19(11-14)22(27(5,24)25)16(3)20(23)21-18-8-6-7-17(12-18)13-26-4/h6-12,16H,13H2,1-5H3,(H,21,23). The molecule has 0 aliphatic carbocycles. The van der Waals surface area contributed by atoms with Crippen molar-refractivity contribution in [2.24, 2.45) is 0 Å². The lowest BCUT2D eigenvalue weighted by Gasteiger charge is -2.29. The highest BCUT2D eigenvalue weighted by atomic mass is 32.2. The first-order valence-corrected chi connectivity index (χ1v) is 10.4. The zero-order valence-electron chi connectivity index (χ0n) is 16.3. The number of amides is 1. The fraction of sp³-hybridized carbons (Fsp3) is 0.350. The van der Waals surface area contributed by atoms with Crippen LogP contribution in [0.15, 0.2) is 42.5 Å². The molecule has 1 atom stereocenters. The van der Waals surface area contributed by atoms with E-state index in [1.54, 1.807) is 32.2 Å². The number of benzene rings is 2. The van der Waals surface area contributed by atoms with Gasteiger partial charge in [0.25, 0.3) is 0 Å². The molecule has 0 aliphatic heterocycles. The molecule has 1 N–H and O–H groups in total. The molecule has 0 saturated carbocycles. The zero-order valence-corrected chi connectivity index (χ0v) is 17.1. The topological polar surface area (TPSA) is 75.7 Å². The molecule has 27 heavy (non-hydrogen) atoms. The second-order valence-electron chi connectivity index (χ2n) is 6.65. The first-order valence-electron chi connectivity index (χ1n) is 8.59. The number of rotatable bonds is 7. The molecule has 0 fully saturated rings. The van der Waals surface area contributed by atoms with Crippen molar-refractivity contribution in [2.45, 2.75) is 33.4 Å². The van der Waals surface area contributed by atoms with Gasteiger partial charge in [-0.05, 0) is 55.7 Å². The predicted octanol–water partition coefficient (Wildman–Crippen LogP) is 3.24. The van der Waals surface area contributed by atoms with Crippen LogP contribution < -0.4 is 9.62 Å².